The van der Waals surface area contributed by atoms with E-state index in [1.54, 1.807) is 32.9 Å². The molecule has 210 valence electrons. The number of carboxylic acid groups (broad SMARTS) is 2. The molecule has 0 fully saturated rings. The zero-order valence-corrected chi connectivity index (χ0v) is 21.6. The Kier molecular flexibility index (Phi) is 8.63. The lowest BCUT2D eigenvalue weighted by atomic mass is 10.1. The van der Waals surface area contributed by atoms with Crippen molar-refractivity contribution in [2.75, 3.05) is 34.4 Å². The average molecular weight is 546 g/mol. The topological polar surface area (TPSA) is 229 Å². The third-order valence-electron chi connectivity index (χ3n) is 5.55. The fraction of sp³-hybridized carbons (Fsp3) is 0.417. The van der Waals surface area contributed by atoms with Crippen LogP contribution >= 0.6 is 0 Å². The molecule has 15 nitrogen and oxygen atoms in total. The van der Waals surface area contributed by atoms with Crippen LogP contribution in [0.4, 0.5) is 27.9 Å². The molecule has 0 saturated carbocycles. The maximum atomic E-state index is 13.1. The smallest absolute Gasteiger partial charge is 0.415 e. The third-order valence-corrected chi connectivity index (χ3v) is 5.55. The lowest BCUT2D eigenvalue weighted by Crippen LogP contribution is -2.54. The van der Waals surface area contributed by atoms with Gasteiger partial charge in [-0.2, -0.15) is 4.98 Å². The highest BCUT2D eigenvalue weighted by Gasteiger charge is 2.37. The molecule has 1 aromatic carbocycles. The maximum Gasteiger partial charge on any atom is 0.415 e. The number of nitrogens with zero attached hydrogens (tertiary/aromatic N) is 2. The number of carbonyl (C=O) groups excluding carboxylic acids is 2. The van der Waals surface area contributed by atoms with E-state index in [0.29, 0.717) is 5.69 Å². The van der Waals surface area contributed by atoms with Crippen molar-refractivity contribution in [3.05, 3.63) is 40.2 Å². The molecule has 0 saturated heterocycles. The Labute approximate surface area is 222 Å². The van der Waals surface area contributed by atoms with E-state index < -0.39 is 53.6 Å². The fourth-order valence-electron chi connectivity index (χ4n) is 3.78. The van der Waals surface area contributed by atoms with Crippen LogP contribution in [0.3, 0.4) is 0 Å². The minimum absolute atomic E-state index is 0.0283. The highest BCUT2D eigenvalue weighted by molar-refractivity contribution is 5.97. The number of benzene rings is 1. The first-order chi connectivity index (χ1) is 18.2. The van der Waals surface area contributed by atoms with Gasteiger partial charge in [-0.15, -0.1) is 0 Å². The molecule has 0 spiro atoms. The summed E-state index contributed by atoms with van der Waals surface area (Å²) in [6.07, 6.45) is -1.40. The summed E-state index contributed by atoms with van der Waals surface area (Å²) in [7, 11) is 0. The van der Waals surface area contributed by atoms with E-state index in [1.165, 1.54) is 17.0 Å². The van der Waals surface area contributed by atoms with E-state index >= 15 is 0 Å². The van der Waals surface area contributed by atoms with E-state index in [4.69, 9.17) is 15.6 Å². The molecule has 2 aromatic rings. The van der Waals surface area contributed by atoms with Crippen molar-refractivity contribution in [2.45, 2.75) is 51.3 Å². The number of ether oxygens (including phenoxy) is 1. The van der Waals surface area contributed by atoms with Crippen LogP contribution in [-0.4, -0.2) is 74.9 Å². The minimum Gasteiger partial charge on any atom is -0.481 e. The molecule has 3 rings (SSSR count). The normalized spacial score (nSPS) is 15.4. The van der Waals surface area contributed by atoms with E-state index in [2.05, 4.69) is 25.9 Å². The summed E-state index contributed by atoms with van der Waals surface area (Å²) in [5.41, 5.74) is 4.92. The lowest BCUT2D eigenvalue weighted by Gasteiger charge is -2.37. The largest absolute Gasteiger partial charge is 0.481 e. The first-order valence-electron chi connectivity index (χ1n) is 12.0. The number of aliphatic carboxylic acids is 2. The molecule has 1 aliphatic rings. The highest BCUT2D eigenvalue weighted by atomic mass is 16.6. The second kappa shape index (κ2) is 11.7. The number of H-pyrrole nitrogens is 1. The van der Waals surface area contributed by atoms with Crippen molar-refractivity contribution in [1.82, 2.24) is 15.3 Å². The van der Waals surface area contributed by atoms with Gasteiger partial charge >= 0.3 is 18.0 Å². The second-order valence-corrected chi connectivity index (χ2v) is 9.79. The van der Waals surface area contributed by atoms with Crippen LogP contribution in [-0.2, 0) is 14.3 Å². The van der Waals surface area contributed by atoms with Crippen molar-refractivity contribution >= 4 is 47.1 Å². The van der Waals surface area contributed by atoms with Gasteiger partial charge in [0.15, 0.2) is 11.5 Å². The highest BCUT2D eigenvalue weighted by Crippen LogP contribution is 2.28. The van der Waals surface area contributed by atoms with Gasteiger partial charge in [-0.05, 0) is 51.5 Å². The minimum atomic E-state index is -1.35. The van der Waals surface area contributed by atoms with Gasteiger partial charge in [0, 0.05) is 30.8 Å². The molecule has 1 aromatic heterocycles. The summed E-state index contributed by atoms with van der Waals surface area (Å²) < 4.78 is 5.52. The number of hydrogen-bond acceptors (Lipinski definition) is 10. The standard InChI is InChI=1S/C24H31N7O8/c1-24(2,3)39-23(38)31-14(11-27-18-17(31)20(35)30-22(25)29-18)10-26-13-6-4-12(5-7-13)19(34)28-15(21(36)37)8-9-16(32)33/h4-7,14-15,26H,8-11H2,1-3H3,(H,28,34)(H,32,33)(H,36,37)(H4,25,27,29,30,35). The van der Waals surface area contributed by atoms with Crippen molar-refractivity contribution < 1.29 is 34.1 Å². The van der Waals surface area contributed by atoms with Crippen LogP contribution in [0.2, 0.25) is 0 Å². The molecule has 0 aliphatic carbocycles. The SMILES string of the molecule is CC(C)(C)OC(=O)N1c2c(nc(N)[nH]c2=O)NCC1CNc1ccc(C(=O)NC(CCC(=O)O)C(=O)O)cc1. The van der Waals surface area contributed by atoms with Gasteiger partial charge in [0.1, 0.15) is 11.6 Å². The van der Waals surface area contributed by atoms with Gasteiger partial charge in [-0.25, -0.2) is 9.59 Å². The average Bonchev–Trinajstić information content (AvgIpc) is 2.83. The zero-order valence-electron chi connectivity index (χ0n) is 21.6. The predicted molar refractivity (Wildman–Crippen MR) is 141 cm³/mol. The molecule has 2 atom stereocenters. The number of hydrogen-bond donors (Lipinski definition) is 7. The van der Waals surface area contributed by atoms with Gasteiger partial charge < -0.3 is 36.6 Å². The van der Waals surface area contributed by atoms with Crippen LogP contribution < -0.4 is 32.1 Å². The number of amides is 2. The number of carboxylic acids is 2. The van der Waals surface area contributed by atoms with Crippen LogP contribution in [0, 0.1) is 0 Å². The number of nitrogens with two attached hydrogens (primary N) is 1. The number of carbonyl (C=O) groups is 4. The van der Waals surface area contributed by atoms with Crippen LogP contribution in [0.15, 0.2) is 29.1 Å². The van der Waals surface area contributed by atoms with Gasteiger partial charge in [-0.3, -0.25) is 24.3 Å². The van der Waals surface area contributed by atoms with E-state index in [1.807, 2.05) is 0 Å². The molecular formula is C24H31N7O8. The number of fused-ring (bicyclic) bond motifs is 1. The van der Waals surface area contributed by atoms with Crippen LogP contribution in [0.1, 0.15) is 44.0 Å². The molecule has 2 heterocycles. The molecule has 2 amide bonds. The number of rotatable bonds is 9. The first kappa shape index (κ1) is 28.7. The molecular weight excluding hydrogens is 514 g/mol. The molecule has 2 unspecified atom stereocenters. The predicted octanol–water partition coefficient (Wildman–Crippen LogP) is 1.05. The van der Waals surface area contributed by atoms with Gasteiger partial charge in [-0.1, -0.05) is 0 Å². The molecule has 0 bridgehead atoms. The van der Waals surface area contributed by atoms with Crippen LogP contribution in [0.25, 0.3) is 0 Å². The second-order valence-electron chi connectivity index (χ2n) is 9.79. The monoisotopic (exact) mass is 545 g/mol. The quantitative estimate of drug-likeness (QED) is 0.234. The Bertz CT molecular complexity index is 1300. The summed E-state index contributed by atoms with van der Waals surface area (Å²) in [5, 5.41) is 26.5. The summed E-state index contributed by atoms with van der Waals surface area (Å²) in [6.45, 7) is 5.51. The number of nitrogens with one attached hydrogen (secondary N) is 4. The Hall–Kier alpha value is -4.82. The van der Waals surface area contributed by atoms with Gasteiger partial charge in [0.2, 0.25) is 5.95 Å². The number of aromatic amines is 1. The van der Waals surface area contributed by atoms with Crippen molar-refractivity contribution in [3.63, 3.8) is 0 Å². The van der Waals surface area contributed by atoms with Crippen molar-refractivity contribution in [1.29, 1.82) is 0 Å². The van der Waals surface area contributed by atoms with E-state index in [-0.39, 0.29) is 42.5 Å². The number of aromatic nitrogens is 2. The summed E-state index contributed by atoms with van der Waals surface area (Å²) in [5.74, 6) is -3.13. The summed E-state index contributed by atoms with van der Waals surface area (Å²) in [6, 6.07) is 4.17. The number of anilines is 4. The van der Waals surface area contributed by atoms with Crippen molar-refractivity contribution in [2.24, 2.45) is 0 Å². The molecule has 15 heteroatoms. The molecule has 8 N–H and O–H groups in total. The van der Waals surface area contributed by atoms with Gasteiger partial charge in [0.05, 0.1) is 6.04 Å². The lowest BCUT2D eigenvalue weighted by molar-refractivity contribution is -0.140. The maximum absolute atomic E-state index is 13.1. The third kappa shape index (κ3) is 7.59. The van der Waals surface area contributed by atoms with Crippen molar-refractivity contribution in [3.8, 4) is 0 Å². The van der Waals surface area contributed by atoms with E-state index in [9.17, 15) is 29.1 Å². The molecule has 1 aliphatic heterocycles. The molecule has 39 heavy (non-hydrogen) atoms. The first-order valence-corrected chi connectivity index (χ1v) is 12.0. The Morgan fingerprint density at radius 2 is 1.87 bits per heavy atom. The zero-order chi connectivity index (χ0) is 28.9. The summed E-state index contributed by atoms with van der Waals surface area (Å²) in [4.78, 5) is 68.0. The Balaban J connectivity index is 1.72. The number of nitrogen functional groups attached to an aromatic ring is 1. The fourth-order valence-corrected chi connectivity index (χ4v) is 3.78. The Morgan fingerprint density at radius 1 is 1.21 bits per heavy atom. The molecule has 0 radical (unpaired) electrons. The summed E-state index contributed by atoms with van der Waals surface area (Å²) >= 11 is 0. The van der Waals surface area contributed by atoms with Gasteiger partial charge in [0.25, 0.3) is 11.5 Å². The Morgan fingerprint density at radius 3 is 2.46 bits per heavy atom. The van der Waals surface area contributed by atoms with Crippen LogP contribution in [0.5, 0.6) is 0 Å². The van der Waals surface area contributed by atoms with E-state index in [0.717, 1.165) is 0 Å².